The van der Waals surface area contributed by atoms with Crippen molar-refractivity contribution in [2.75, 3.05) is 44.7 Å². The number of rotatable bonds is 10. The average Bonchev–Trinajstić information content (AvgIpc) is 3.44. The van der Waals surface area contributed by atoms with Crippen molar-refractivity contribution in [1.82, 2.24) is 24.7 Å². The molecule has 2 aromatic heterocycles. The van der Waals surface area contributed by atoms with Crippen LogP contribution in [0.4, 0.5) is 10.1 Å². The van der Waals surface area contributed by atoms with E-state index in [1.807, 2.05) is 18.2 Å². The van der Waals surface area contributed by atoms with E-state index in [2.05, 4.69) is 49.9 Å². The maximum Gasteiger partial charge on any atom is 0.226 e. The number of nitrogens with zero attached hydrogens (tertiary/aromatic N) is 4. The van der Waals surface area contributed by atoms with Crippen molar-refractivity contribution >= 4 is 28.9 Å². The monoisotopic (exact) mass is 564 g/mol. The smallest absolute Gasteiger partial charge is 0.226 e. The number of hydrogen-bond acceptors (Lipinski definition) is 5. The molecule has 2 saturated heterocycles. The van der Waals surface area contributed by atoms with Crippen molar-refractivity contribution in [2.45, 2.75) is 45.3 Å². The molecule has 10 heteroatoms. The van der Waals surface area contributed by atoms with Crippen LogP contribution in [0.15, 0.2) is 54.7 Å². The van der Waals surface area contributed by atoms with Gasteiger partial charge in [0, 0.05) is 56.7 Å². The van der Waals surface area contributed by atoms with Crippen LogP contribution in [0.5, 0.6) is 0 Å². The number of carbonyl (C=O) groups is 1. The minimum atomic E-state index is -0.455. The Morgan fingerprint density at radius 1 is 1.12 bits per heavy atom. The van der Waals surface area contributed by atoms with Crippen molar-refractivity contribution in [3.05, 3.63) is 83.2 Å². The molecule has 0 saturated carbocycles. The van der Waals surface area contributed by atoms with E-state index in [0.717, 1.165) is 51.5 Å². The highest BCUT2D eigenvalue weighted by atomic mass is 32.1. The zero-order valence-electron chi connectivity index (χ0n) is 23.1. The van der Waals surface area contributed by atoms with E-state index in [0.29, 0.717) is 11.7 Å². The molecule has 40 heavy (non-hydrogen) atoms. The highest BCUT2D eigenvalue weighted by Gasteiger charge is 2.41. The highest BCUT2D eigenvalue weighted by molar-refractivity contribution is 7.80. The predicted octanol–water partition coefficient (Wildman–Crippen LogP) is 4.36. The molecule has 0 bridgehead atoms. The quantitative estimate of drug-likeness (QED) is 0.355. The molecule has 0 radical (unpaired) electrons. The fourth-order valence-corrected chi connectivity index (χ4v) is 6.06. The number of nitrogens with one attached hydrogen (secondary N) is 2. The van der Waals surface area contributed by atoms with Gasteiger partial charge in [-0.3, -0.25) is 14.7 Å². The summed E-state index contributed by atoms with van der Waals surface area (Å²) in [4.78, 5) is 22.0. The number of ether oxygens (including phenoxy) is 1. The van der Waals surface area contributed by atoms with E-state index in [4.69, 9.17) is 17.0 Å². The summed E-state index contributed by atoms with van der Waals surface area (Å²) in [6, 6.07) is 14.0. The Morgan fingerprint density at radius 2 is 1.90 bits per heavy atom. The molecular formula is C30H37FN6O2S. The molecule has 0 aliphatic carbocycles. The Morgan fingerprint density at radius 3 is 2.65 bits per heavy atom. The first kappa shape index (κ1) is 28.2. The van der Waals surface area contributed by atoms with Crippen molar-refractivity contribution in [3.8, 4) is 0 Å². The molecule has 212 valence electrons. The standard InChI is InChI=1S/C30H37FN6O2S/c1-21-20-23(22(2)36(21)14-7-13-35-16-18-39-19-17-35)29-28(26-10-5-6-12-32-26)34-30(40)37(29)15-11-27(38)33-25-9-4-3-8-24(25)31/h3-6,8-10,12,20,28-29H,7,11,13-19H2,1-2H3,(H,33,38)(H,34,40)/t28-,29+/m0/s1. The maximum atomic E-state index is 14.1. The molecule has 1 aromatic carbocycles. The first-order valence-electron chi connectivity index (χ1n) is 13.9. The Kier molecular flexibility index (Phi) is 9.08. The van der Waals surface area contributed by atoms with Gasteiger partial charge in [-0.2, -0.15) is 0 Å². The molecular weight excluding hydrogens is 527 g/mol. The second kappa shape index (κ2) is 12.9. The number of anilines is 1. The molecule has 3 aromatic rings. The summed E-state index contributed by atoms with van der Waals surface area (Å²) in [5.41, 5.74) is 4.63. The third-order valence-electron chi connectivity index (χ3n) is 7.82. The number of carbonyl (C=O) groups excluding carboxylic acids is 1. The zero-order valence-corrected chi connectivity index (χ0v) is 23.9. The lowest BCUT2D eigenvalue weighted by molar-refractivity contribution is -0.116. The van der Waals surface area contributed by atoms with Crippen LogP contribution >= 0.6 is 12.2 Å². The van der Waals surface area contributed by atoms with Gasteiger partial charge in [-0.25, -0.2) is 4.39 Å². The van der Waals surface area contributed by atoms with E-state index < -0.39 is 5.82 Å². The minimum Gasteiger partial charge on any atom is -0.379 e. The van der Waals surface area contributed by atoms with Crippen LogP contribution in [0.2, 0.25) is 0 Å². The number of morpholine rings is 1. The molecule has 2 aliphatic heterocycles. The van der Waals surface area contributed by atoms with E-state index >= 15 is 0 Å². The number of amides is 1. The maximum absolute atomic E-state index is 14.1. The van der Waals surface area contributed by atoms with Gasteiger partial charge in [0.25, 0.3) is 0 Å². The molecule has 4 heterocycles. The number of benzene rings is 1. The van der Waals surface area contributed by atoms with E-state index in [1.54, 1.807) is 24.4 Å². The number of aryl methyl sites for hydroxylation is 1. The Labute approximate surface area is 240 Å². The van der Waals surface area contributed by atoms with Crippen LogP contribution in [0, 0.1) is 19.7 Å². The van der Waals surface area contributed by atoms with Crippen LogP contribution in [0.3, 0.4) is 0 Å². The molecule has 2 fully saturated rings. The molecule has 5 rings (SSSR count). The van der Waals surface area contributed by atoms with Gasteiger partial charge in [-0.05, 0) is 68.4 Å². The fraction of sp³-hybridized carbons (Fsp3) is 0.433. The molecule has 2 atom stereocenters. The van der Waals surface area contributed by atoms with E-state index in [-0.39, 0.29) is 30.1 Å². The number of aromatic nitrogens is 2. The number of thiocarbonyl (C=S) groups is 1. The van der Waals surface area contributed by atoms with Crippen molar-refractivity contribution in [1.29, 1.82) is 0 Å². The first-order chi connectivity index (χ1) is 19.4. The molecule has 2 N–H and O–H groups in total. The lowest BCUT2D eigenvalue weighted by atomic mass is 9.96. The van der Waals surface area contributed by atoms with Crippen molar-refractivity contribution in [3.63, 3.8) is 0 Å². The van der Waals surface area contributed by atoms with Crippen LogP contribution in [-0.4, -0.2) is 69.8 Å². The zero-order chi connectivity index (χ0) is 28.1. The Hall–Kier alpha value is -3.34. The normalized spacial score (nSPS) is 19.6. The van der Waals surface area contributed by atoms with Gasteiger partial charge >= 0.3 is 0 Å². The topological polar surface area (TPSA) is 74.7 Å². The molecule has 0 spiro atoms. The summed E-state index contributed by atoms with van der Waals surface area (Å²) in [5.74, 6) is -0.718. The molecule has 0 unspecified atom stereocenters. The summed E-state index contributed by atoms with van der Waals surface area (Å²) in [7, 11) is 0. The van der Waals surface area contributed by atoms with E-state index in [9.17, 15) is 9.18 Å². The minimum absolute atomic E-state index is 0.136. The highest BCUT2D eigenvalue weighted by Crippen LogP contribution is 2.41. The van der Waals surface area contributed by atoms with Crippen LogP contribution in [-0.2, 0) is 16.1 Å². The van der Waals surface area contributed by atoms with Crippen LogP contribution < -0.4 is 10.6 Å². The second-order valence-corrected chi connectivity index (χ2v) is 10.8. The van der Waals surface area contributed by atoms with Gasteiger partial charge in [0.2, 0.25) is 5.91 Å². The average molecular weight is 565 g/mol. The molecule has 2 aliphatic rings. The van der Waals surface area contributed by atoms with E-state index in [1.165, 1.54) is 23.0 Å². The summed E-state index contributed by atoms with van der Waals surface area (Å²) in [6.07, 6.45) is 3.01. The molecule has 8 nitrogen and oxygen atoms in total. The van der Waals surface area contributed by atoms with Crippen LogP contribution in [0.1, 0.15) is 47.6 Å². The third-order valence-corrected chi connectivity index (χ3v) is 8.17. The number of halogens is 1. The van der Waals surface area contributed by atoms with Gasteiger partial charge in [0.1, 0.15) is 5.82 Å². The van der Waals surface area contributed by atoms with Gasteiger partial charge in [-0.15, -0.1) is 0 Å². The first-order valence-corrected chi connectivity index (χ1v) is 14.3. The summed E-state index contributed by atoms with van der Waals surface area (Å²) in [5, 5.41) is 6.74. The van der Waals surface area contributed by atoms with Gasteiger partial charge in [0.15, 0.2) is 5.11 Å². The Balaban J connectivity index is 1.35. The SMILES string of the molecule is Cc1cc([C@@H]2[C@H](c3ccccn3)NC(=S)N2CCC(=O)Nc2ccccc2F)c(C)n1CCCN1CCOCC1. The lowest BCUT2D eigenvalue weighted by Crippen LogP contribution is -2.37. The van der Waals surface area contributed by atoms with Crippen LogP contribution in [0.25, 0.3) is 0 Å². The van der Waals surface area contributed by atoms with Gasteiger partial charge in [-0.1, -0.05) is 18.2 Å². The predicted molar refractivity (Wildman–Crippen MR) is 158 cm³/mol. The van der Waals surface area contributed by atoms with Gasteiger partial charge < -0.3 is 24.8 Å². The van der Waals surface area contributed by atoms with Gasteiger partial charge in [0.05, 0.1) is 36.7 Å². The second-order valence-electron chi connectivity index (χ2n) is 10.4. The summed E-state index contributed by atoms with van der Waals surface area (Å²) >= 11 is 5.80. The largest absolute Gasteiger partial charge is 0.379 e. The lowest BCUT2D eigenvalue weighted by Gasteiger charge is -2.28. The van der Waals surface area contributed by atoms with Crippen molar-refractivity contribution in [2.24, 2.45) is 0 Å². The number of hydrogen-bond donors (Lipinski definition) is 2. The number of pyridine rings is 1. The fourth-order valence-electron chi connectivity index (χ4n) is 5.73. The number of para-hydroxylation sites is 1. The summed E-state index contributed by atoms with van der Waals surface area (Å²) < 4.78 is 21.9. The molecule has 1 amide bonds. The third kappa shape index (κ3) is 6.35. The summed E-state index contributed by atoms with van der Waals surface area (Å²) in [6.45, 7) is 10.3. The van der Waals surface area contributed by atoms with Crippen molar-refractivity contribution < 1.29 is 13.9 Å². The Bertz CT molecular complexity index is 1330.